The predicted octanol–water partition coefficient (Wildman–Crippen LogP) is -1.54. The number of aliphatic hydroxyl groups excluding tert-OH is 1. The molecule has 1 heterocycles. The monoisotopic (exact) mass is 306 g/mol. The van der Waals surface area contributed by atoms with Crippen LogP contribution in [0.2, 0.25) is 0 Å². The van der Waals surface area contributed by atoms with E-state index in [0.29, 0.717) is 6.54 Å². The second-order valence-corrected chi connectivity index (χ2v) is 4.85. The third-order valence-electron chi connectivity index (χ3n) is 3.21. The van der Waals surface area contributed by atoms with Crippen LogP contribution in [0.25, 0.3) is 0 Å². The molecule has 2 rings (SSSR count). The topological polar surface area (TPSA) is 120 Å². The van der Waals surface area contributed by atoms with Crippen LogP contribution in [-0.4, -0.2) is 48.2 Å². The van der Waals surface area contributed by atoms with Gasteiger partial charge in [0.25, 0.3) is 0 Å². The largest absolute Gasteiger partial charge is 0.394 e. The number of hydrogen-bond donors (Lipinski definition) is 5. The summed E-state index contributed by atoms with van der Waals surface area (Å²) < 4.78 is 0. The van der Waals surface area contributed by atoms with Crippen molar-refractivity contribution >= 4 is 17.8 Å². The maximum absolute atomic E-state index is 12.0. The Bertz CT molecular complexity index is 549. The number of nitrogens with one attached hydrogen (secondary N) is 4. The van der Waals surface area contributed by atoms with Gasteiger partial charge in [0, 0.05) is 13.1 Å². The predicted molar refractivity (Wildman–Crippen MR) is 77.6 cm³/mol. The van der Waals surface area contributed by atoms with Crippen molar-refractivity contribution < 1.29 is 19.5 Å². The highest BCUT2D eigenvalue weighted by molar-refractivity contribution is 5.93. The van der Waals surface area contributed by atoms with Gasteiger partial charge in [-0.1, -0.05) is 30.3 Å². The first kappa shape index (κ1) is 15.8. The van der Waals surface area contributed by atoms with Crippen LogP contribution in [-0.2, 0) is 16.1 Å². The summed E-state index contributed by atoms with van der Waals surface area (Å²) in [5, 5.41) is 19.2. The van der Waals surface area contributed by atoms with Gasteiger partial charge >= 0.3 is 6.03 Å². The number of amides is 4. The SMILES string of the molecule is O=C1NCC(C(=O)N[C@@H](CO)C(=O)NCc2ccccc2)N1. The lowest BCUT2D eigenvalue weighted by Crippen LogP contribution is -2.53. The number of carbonyl (C=O) groups excluding carboxylic acids is 3. The van der Waals surface area contributed by atoms with Crippen LogP contribution in [0.3, 0.4) is 0 Å². The second kappa shape index (κ2) is 7.41. The highest BCUT2D eigenvalue weighted by Gasteiger charge is 2.29. The lowest BCUT2D eigenvalue weighted by Gasteiger charge is -2.18. The van der Waals surface area contributed by atoms with Gasteiger partial charge in [0.05, 0.1) is 6.61 Å². The molecule has 0 aromatic heterocycles. The summed E-state index contributed by atoms with van der Waals surface area (Å²) in [6.07, 6.45) is 0. The molecule has 1 unspecified atom stereocenters. The Hall–Kier alpha value is -2.61. The summed E-state index contributed by atoms with van der Waals surface area (Å²) in [6.45, 7) is -0.0807. The zero-order valence-corrected chi connectivity index (χ0v) is 11.8. The molecule has 4 amide bonds. The molecule has 8 heteroatoms. The van der Waals surface area contributed by atoms with E-state index in [2.05, 4.69) is 21.3 Å². The number of aliphatic hydroxyl groups is 1. The lowest BCUT2D eigenvalue weighted by molar-refractivity contribution is -0.130. The van der Waals surface area contributed by atoms with Gasteiger partial charge in [-0.15, -0.1) is 0 Å². The van der Waals surface area contributed by atoms with Gasteiger partial charge in [-0.05, 0) is 5.56 Å². The fourth-order valence-corrected chi connectivity index (χ4v) is 1.99. The Kier molecular flexibility index (Phi) is 5.31. The van der Waals surface area contributed by atoms with Crippen molar-refractivity contribution in [2.45, 2.75) is 18.6 Å². The van der Waals surface area contributed by atoms with Gasteiger partial charge in [-0.3, -0.25) is 9.59 Å². The maximum Gasteiger partial charge on any atom is 0.315 e. The van der Waals surface area contributed by atoms with E-state index < -0.39 is 36.5 Å². The third kappa shape index (κ3) is 4.19. The zero-order valence-electron chi connectivity index (χ0n) is 11.8. The van der Waals surface area contributed by atoms with Crippen molar-refractivity contribution in [3.05, 3.63) is 35.9 Å². The molecule has 1 aliphatic heterocycles. The number of rotatable bonds is 6. The molecule has 1 fully saturated rings. The third-order valence-corrected chi connectivity index (χ3v) is 3.21. The second-order valence-electron chi connectivity index (χ2n) is 4.85. The van der Waals surface area contributed by atoms with Crippen LogP contribution in [0.5, 0.6) is 0 Å². The quantitative estimate of drug-likeness (QED) is 0.437. The molecule has 0 bridgehead atoms. The molecule has 1 aromatic carbocycles. The summed E-state index contributed by atoms with van der Waals surface area (Å²) in [7, 11) is 0. The molecule has 1 aliphatic rings. The first-order valence-electron chi connectivity index (χ1n) is 6.87. The number of carbonyl (C=O) groups is 3. The van der Waals surface area contributed by atoms with Gasteiger partial charge in [0.15, 0.2) is 0 Å². The smallest absolute Gasteiger partial charge is 0.315 e. The molecule has 0 spiro atoms. The summed E-state index contributed by atoms with van der Waals surface area (Å²) in [6, 6.07) is 7.03. The normalized spacial score (nSPS) is 18.0. The van der Waals surface area contributed by atoms with Crippen LogP contribution < -0.4 is 21.3 Å². The lowest BCUT2D eigenvalue weighted by atomic mass is 10.2. The minimum absolute atomic E-state index is 0.147. The highest BCUT2D eigenvalue weighted by atomic mass is 16.3. The van der Waals surface area contributed by atoms with Crippen molar-refractivity contribution in [2.75, 3.05) is 13.2 Å². The average molecular weight is 306 g/mol. The van der Waals surface area contributed by atoms with E-state index in [4.69, 9.17) is 0 Å². The molecule has 0 radical (unpaired) electrons. The molecular formula is C14H18N4O4. The molecule has 0 saturated carbocycles. The summed E-state index contributed by atoms with van der Waals surface area (Å²) in [4.78, 5) is 34.8. The number of hydrogen-bond acceptors (Lipinski definition) is 4. The van der Waals surface area contributed by atoms with Gasteiger partial charge in [-0.2, -0.15) is 0 Å². The number of urea groups is 1. The number of benzene rings is 1. The van der Waals surface area contributed by atoms with Crippen molar-refractivity contribution in [1.82, 2.24) is 21.3 Å². The van der Waals surface area contributed by atoms with Crippen LogP contribution in [0.1, 0.15) is 5.56 Å². The van der Waals surface area contributed by atoms with Gasteiger partial charge in [0.1, 0.15) is 12.1 Å². The Balaban J connectivity index is 1.83. The molecule has 22 heavy (non-hydrogen) atoms. The molecule has 118 valence electrons. The van der Waals surface area contributed by atoms with Gasteiger partial charge < -0.3 is 26.4 Å². The first-order valence-corrected chi connectivity index (χ1v) is 6.87. The minimum atomic E-state index is -1.06. The van der Waals surface area contributed by atoms with Crippen LogP contribution in [0.4, 0.5) is 4.79 Å². The Morgan fingerprint density at radius 2 is 2.05 bits per heavy atom. The fraction of sp³-hybridized carbons (Fsp3) is 0.357. The van der Waals surface area contributed by atoms with Gasteiger partial charge in [-0.25, -0.2) is 4.79 Å². The first-order chi connectivity index (χ1) is 10.6. The summed E-state index contributed by atoms with van der Waals surface area (Å²) in [5.41, 5.74) is 0.908. The van der Waals surface area contributed by atoms with Crippen molar-refractivity contribution in [3.63, 3.8) is 0 Å². The van der Waals surface area contributed by atoms with Crippen LogP contribution >= 0.6 is 0 Å². The highest BCUT2D eigenvalue weighted by Crippen LogP contribution is 1.98. The minimum Gasteiger partial charge on any atom is -0.394 e. The van der Waals surface area contributed by atoms with Crippen molar-refractivity contribution in [1.29, 1.82) is 0 Å². The molecule has 1 aromatic rings. The standard InChI is InChI=1S/C14H18N4O4/c19-8-11(17-13(21)10-7-16-14(22)18-10)12(20)15-6-9-4-2-1-3-5-9/h1-5,10-11,19H,6-8H2,(H,15,20)(H,17,21)(H2,16,18,22)/t10?,11-/m0/s1. The maximum atomic E-state index is 12.0. The van der Waals surface area contributed by atoms with E-state index in [9.17, 15) is 19.5 Å². The zero-order chi connectivity index (χ0) is 15.9. The van der Waals surface area contributed by atoms with E-state index in [1.807, 2.05) is 30.3 Å². The van der Waals surface area contributed by atoms with Gasteiger partial charge in [0.2, 0.25) is 11.8 Å². The van der Waals surface area contributed by atoms with E-state index >= 15 is 0 Å². The van der Waals surface area contributed by atoms with Crippen molar-refractivity contribution in [3.8, 4) is 0 Å². The molecule has 2 atom stereocenters. The Morgan fingerprint density at radius 1 is 1.32 bits per heavy atom. The van der Waals surface area contributed by atoms with E-state index in [1.165, 1.54) is 0 Å². The molecule has 0 aliphatic carbocycles. The van der Waals surface area contributed by atoms with E-state index in [-0.39, 0.29) is 6.54 Å². The molecular weight excluding hydrogens is 288 g/mol. The average Bonchev–Trinajstić information content (AvgIpc) is 2.97. The Labute approximate surface area is 127 Å². The van der Waals surface area contributed by atoms with E-state index in [1.54, 1.807) is 0 Å². The summed E-state index contributed by atoms with van der Waals surface area (Å²) >= 11 is 0. The Morgan fingerprint density at radius 3 is 2.64 bits per heavy atom. The molecule has 8 nitrogen and oxygen atoms in total. The molecule has 5 N–H and O–H groups in total. The summed E-state index contributed by atoms with van der Waals surface area (Å²) in [5.74, 6) is -1.01. The van der Waals surface area contributed by atoms with Crippen molar-refractivity contribution in [2.24, 2.45) is 0 Å². The van der Waals surface area contributed by atoms with Crippen LogP contribution in [0, 0.1) is 0 Å². The van der Waals surface area contributed by atoms with E-state index in [0.717, 1.165) is 5.56 Å². The van der Waals surface area contributed by atoms with Crippen LogP contribution in [0.15, 0.2) is 30.3 Å². The fourth-order valence-electron chi connectivity index (χ4n) is 1.99. The molecule has 1 saturated heterocycles.